The molecule has 2 aromatic carbocycles. The Kier molecular flexibility index (Phi) is 6.52. The number of likely N-dealkylation sites (tertiary alicyclic amines) is 1. The van der Waals surface area contributed by atoms with E-state index < -0.39 is 11.2 Å². The molecule has 2 N–H and O–H groups in total. The molecule has 4 atom stereocenters. The maximum absolute atomic E-state index is 13.1. The maximum atomic E-state index is 13.1. The molecule has 3 aliphatic heterocycles. The molecule has 3 aromatic rings. The van der Waals surface area contributed by atoms with Gasteiger partial charge in [0.25, 0.3) is 0 Å². The lowest BCUT2D eigenvalue weighted by Gasteiger charge is -2.56. The number of ether oxygens (including phenoxy) is 3. The van der Waals surface area contributed by atoms with Crippen molar-refractivity contribution in [1.29, 1.82) is 0 Å². The first-order valence-electron chi connectivity index (χ1n) is 13.0. The number of hydrogen-bond acceptors (Lipinski definition) is 7. The van der Waals surface area contributed by atoms with E-state index in [4.69, 9.17) is 19.3 Å². The summed E-state index contributed by atoms with van der Waals surface area (Å²) < 4.78 is 19.2. The van der Waals surface area contributed by atoms with Crippen LogP contribution in [0.1, 0.15) is 29.0 Å². The molecule has 38 heavy (non-hydrogen) atoms. The minimum absolute atomic E-state index is 0.0609. The quantitative estimate of drug-likeness (QED) is 0.470. The summed E-state index contributed by atoms with van der Waals surface area (Å²) >= 11 is 3.58. The van der Waals surface area contributed by atoms with E-state index in [0.29, 0.717) is 22.5 Å². The van der Waals surface area contributed by atoms with Gasteiger partial charge in [0.2, 0.25) is 0 Å². The smallest absolute Gasteiger partial charge is 0.174 e. The molecule has 4 heterocycles. The number of aliphatic hydroxyl groups is 2. The largest absolute Gasteiger partial charge is 0.495 e. The van der Waals surface area contributed by atoms with Crippen LogP contribution in [-0.2, 0) is 15.9 Å². The van der Waals surface area contributed by atoms with Crippen LogP contribution in [0.3, 0.4) is 0 Å². The topological polar surface area (TPSA) is 84.3 Å². The van der Waals surface area contributed by atoms with Gasteiger partial charge in [0.05, 0.1) is 38.3 Å². The molecule has 0 amide bonds. The third-order valence-electron chi connectivity index (χ3n) is 8.80. The number of benzene rings is 2. The highest BCUT2D eigenvalue weighted by atomic mass is 79.9. The molecular formula is C30H33BrN2O5. The molecule has 3 fully saturated rings. The van der Waals surface area contributed by atoms with Crippen molar-refractivity contribution in [3.05, 3.63) is 88.2 Å². The van der Waals surface area contributed by atoms with Crippen LogP contribution in [-0.4, -0.2) is 67.2 Å². The minimum atomic E-state index is -1.30. The number of hydrogen-bond donors (Lipinski definition) is 2. The first kappa shape index (κ1) is 25.8. The fourth-order valence-electron chi connectivity index (χ4n) is 7.29. The van der Waals surface area contributed by atoms with Crippen molar-refractivity contribution in [2.75, 3.05) is 47.1 Å². The molecule has 7 rings (SSSR count). The molecule has 2 saturated heterocycles. The lowest BCUT2D eigenvalue weighted by Crippen LogP contribution is -2.67. The Bertz CT molecular complexity index is 1290. The van der Waals surface area contributed by atoms with E-state index in [-0.39, 0.29) is 11.8 Å². The molecule has 1 aromatic heterocycles. The highest BCUT2D eigenvalue weighted by Gasteiger charge is 2.73. The van der Waals surface area contributed by atoms with Crippen LogP contribution in [0.4, 0.5) is 0 Å². The van der Waals surface area contributed by atoms with Crippen molar-refractivity contribution >= 4 is 15.9 Å². The van der Waals surface area contributed by atoms with Gasteiger partial charge in [-0.1, -0.05) is 58.4 Å². The average Bonchev–Trinajstić information content (AvgIpc) is 3.32. The van der Waals surface area contributed by atoms with Crippen LogP contribution >= 0.6 is 15.9 Å². The van der Waals surface area contributed by atoms with E-state index in [1.54, 1.807) is 19.5 Å². The summed E-state index contributed by atoms with van der Waals surface area (Å²) in [6.45, 7) is 4.51. The second kappa shape index (κ2) is 9.61. The van der Waals surface area contributed by atoms with Gasteiger partial charge in [0.15, 0.2) is 5.60 Å². The summed E-state index contributed by atoms with van der Waals surface area (Å²) in [6.07, 6.45) is 4.20. The number of fused-ring (bicyclic) bond motifs is 3. The van der Waals surface area contributed by atoms with E-state index in [0.717, 1.165) is 62.0 Å². The number of nitrogens with zero attached hydrogens (tertiary/aromatic N) is 2. The molecule has 1 saturated carbocycles. The number of rotatable bonds is 5. The molecule has 8 heteroatoms. The van der Waals surface area contributed by atoms with Crippen molar-refractivity contribution in [2.45, 2.75) is 23.5 Å². The second-order valence-electron chi connectivity index (χ2n) is 10.9. The van der Waals surface area contributed by atoms with Crippen LogP contribution < -0.4 is 9.47 Å². The monoisotopic (exact) mass is 580 g/mol. The molecule has 0 radical (unpaired) electrons. The van der Waals surface area contributed by atoms with Crippen molar-refractivity contribution in [2.24, 2.45) is 11.3 Å². The summed E-state index contributed by atoms with van der Waals surface area (Å²) in [5.41, 5.74) is 0.830. The Labute approximate surface area is 231 Å². The number of methoxy groups -OCH3 is 1. The lowest BCUT2D eigenvalue weighted by molar-refractivity contribution is -0.199. The van der Waals surface area contributed by atoms with Crippen molar-refractivity contribution in [3.8, 4) is 11.5 Å². The van der Waals surface area contributed by atoms with Gasteiger partial charge in [0.1, 0.15) is 17.1 Å². The van der Waals surface area contributed by atoms with Gasteiger partial charge in [-0.05, 0) is 29.7 Å². The molecule has 7 nitrogen and oxygen atoms in total. The van der Waals surface area contributed by atoms with Crippen LogP contribution in [0.5, 0.6) is 11.5 Å². The fraction of sp³-hybridized carbons (Fsp3) is 0.433. The number of aromatic nitrogens is 1. The number of pyridine rings is 1. The Hall–Kier alpha value is -2.49. The van der Waals surface area contributed by atoms with Crippen molar-refractivity contribution in [3.63, 3.8) is 0 Å². The SMILES string of the molecule is CO.COc1cncc2c1C1(O)C(CN3CC4(COC4)C3)CC(c3ccccc3)C1(c1ccc(Br)cc1)O2. The fourth-order valence-corrected chi connectivity index (χ4v) is 7.55. The van der Waals surface area contributed by atoms with E-state index in [1.807, 2.05) is 18.2 Å². The van der Waals surface area contributed by atoms with Gasteiger partial charge in [-0.15, -0.1) is 0 Å². The van der Waals surface area contributed by atoms with Gasteiger partial charge in [-0.25, -0.2) is 0 Å². The van der Waals surface area contributed by atoms with E-state index in [9.17, 15) is 5.11 Å². The van der Waals surface area contributed by atoms with Gasteiger partial charge in [-0.3, -0.25) is 4.98 Å². The first-order valence-corrected chi connectivity index (χ1v) is 13.8. The molecular weight excluding hydrogens is 548 g/mol. The number of halogens is 1. The summed E-state index contributed by atoms with van der Waals surface area (Å²) in [5.74, 6) is 1.04. The Balaban J connectivity index is 0.00000129. The molecule has 200 valence electrons. The minimum Gasteiger partial charge on any atom is -0.495 e. The summed E-state index contributed by atoms with van der Waals surface area (Å²) in [4.78, 5) is 6.85. The van der Waals surface area contributed by atoms with Crippen LogP contribution in [0.25, 0.3) is 0 Å². The Morgan fingerprint density at radius 1 is 1.05 bits per heavy atom. The van der Waals surface area contributed by atoms with Crippen molar-refractivity contribution < 1.29 is 24.4 Å². The summed E-state index contributed by atoms with van der Waals surface area (Å²) in [5, 5.41) is 20.1. The van der Waals surface area contributed by atoms with Crippen molar-refractivity contribution in [1.82, 2.24) is 9.88 Å². The normalized spacial score (nSPS) is 30.2. The average molecular weight is 582 g/mol. The highest BCUT2D eigenvalue weighted by Crippen LogP contribution is 2.70. The van der Waals surface area contributed by atoms with Gasteiger partial charge >= 0.3 is 0 Å². The molecule has 0 bridgehead atoms. The maximum Gasteiger partial charge on any atom is 0.174 e. The third kappa shape index (κ3) is 3.58. The zero-order chi connectivity index (χ0) is 26.5. The molecule has 4 aliphatic rings. The second-order valence-corrected chi connectivity index (χ2v) is 11.8. The van der Waals surface area contributed by atoms with E-state index in [1.165, 1.54) is 0 Å². The van der Waals surface area contributed by atoms with Crippen LogP contribution in [0.2, 0.25) is 0 Å². The standard InChI is InChI=1S/C29H29BrN2O4.CH4O/c1-34-24-12-31-13-25-26(24)28(33)21(14-32-15-27(16-32)17-35-18-27)11-23(19-5-3-2-4-6-19)29(28,36-25)20-7-9-22(30)10-8-20;1-2/h2-10,12-13,21,23,33H,11,14-18H2,1H3;2H,1H3. The summed E-state index contributed by atoms with van der Waals surface area (Å²) in [7, 11) is 2.63. The van der Waals surface area contributed by atoms with Gasteiger partial charge in [0, 0.05) is 48.5 Å². The van der Waals surface area contributed by atoms with Crippen LogP contribution in [0, 0.1) is 11.3 Å². The summed E-state index contributed by atoms with van der Waals surface area (Å²) in [6, 6.07) is 18.7. The third-order valence-corrected chi connectivity index (χ3v) is 9.33. The molecule has 1 spiro atoms. The zero-order valence-corrected chi connectivity index (χ0v) is 23.2. The van der Waals surface area contributed by atoms with E-state index in [2.05, 4.69) is 62.2 Å². The Morgan fingerprint density at radius 3 is 2.39 bits per heavy atom. The predicted molar refractivity (Wildman–Crippen MR) is 146 cm³/mol. The van der Waals surface area contributed by atoms with E-state index >= 15 is 0 Å². The van der Waals surface area contributed by atoms with Gasteiger partial charge in [-0.2, -0.15) is 0 Å². The van der Waals surface area contributed by atoms with Gasteiger partial charge < -0.3 is 29.3 Å². The molecule has 1 aliphatic carbocycles. The zero-order valence-electron chi connectivity index (χ0n) is 21.6. The lowest BCUT2D eigenvalue weighted by atomic mass is 9.69. The predicted octanol–water partition coefficient (Wildman–Crippen LogP) is 4.07. The first-order chi connectivity index (χ1) is 18.5. The van der Waals surface area contributed by atoms with Crippen LogP contribution in [0.15, 0.2) is 71.5 Å². The highest BCUT2D eigenvalue weighted by molar-refractivity contribution is 9.10. The molecule has 4 unspecified atom stereocenters. The Morgan fingerprint density at radius 2 is 1.76 bits per heavy atom. The number of aliphatic hydroxyl groups excluding tert-OH is 1.